The number of benzene rings is 2. The molecule has 0 unspecified atom stereocenters. The first-order valence-electron chi connectivity index (χ1n) is 7.53. The van der Waals surface area contributed by atoms with Crippen molar-refractivity contribution < 1.29 is 17.8 Å². The predicted molar refractivity (Wildman–Crippen MR) is 98.1 cm³/mol. The third kappa shape index (κ3) is 4.92. The van der Waals surface area contributed by atoms with Crippen molar-refractivity contribution in [2.45, 2.75) is 18.7 Å². The molecule has 0 aliphatic rings. The molecule has 0 bridgehead atoms. The summed E-state index contributed by atoms with van der Waals surface area (Å²) in [5.74, 6) is -0.712. The van der Waals surface area contributed by atoms with Crippen molar-refractivity contribution in [3.63, 3.8) is 0 Å². The van der Waals surface area contributed by atoms with Gasteiger partial charge in [-0.05, 0) is 55.3 Å². The normalized spacial score (nSPS) is 11.5. The van der Waals surface area contributed by atoms with E-state index in [1.54, 1.807) is 6.07 Å². The molecule has 26 heavy (non-hydrogen) atoms. The summed E-state index contributed by atoms with van der Waals surface area (Å²) in [6.07, 6.45) is 1.27. The molecule has 134 valence electrons. The maximum absolute atomic E-state index is 12.2. The van der Waals surface area contributed by atoms with Crippen molar-refractivity contribution in [3.8, 4) is 6.07 Å². The molecule has 0 spiro atoms. The standard InChI is InChI=1S/C18H17N3O4S/c1-12-6-7-15(8-13(12)2)20-11-14(10-19)18(22)21-16-4-3-5-17(9-16)26(23,24)25/h3-9,11,20H,1-2H3,(H,21,22)(H,23,24,25)/b14-11-. The third-order valence-electron chi connectivity index (χ3n) is 3.64. The summed E-state index contributed by atoms with van der Waals surface area (Å²) in [4.78, 5) is 11.8. The number of amides is 1. The summed E-state index contributed by atoms with van der Waals surface area (Å²) in [5.41, 5.74) is 2.85. The van der Waals surface area contributed by atoms with E-state index in [2.05, 4.69) is 10.6 Å². The fourth-order valence-electron chi connectivity index (χ4n) is 2.07. The van der Waals surface area contributed by atoms with Crippen LogP contribution in [0.25, 0.3) is 0 Å². The Hall–Kier alpha value is -3.15. The highest BCUT2D eigenvalue weighted by Crippen LogP contribution is 2.17. The lowest BCUT2D eigenvalue weighted by Gasteiger charge is -2.07. The van der Waals surface area contributed by atoms with Crippen LogP contribution in [-0.4, -0.2) is 18.9 Å². The number of anilines is 2. The number of carbonyl (C=O) groups is 1. The second-order valence-electron chi connectivity index (χ2n) is 5.57. The van der Waals surface area contributed by atoms with Gasteiger partial charge in [-0.1, -0.05) is 12.1 Å². The van der Waals surface area contributed by atoms with Gasteiger partial charge in [0.25, 0.3) is 16.0 Å². The van der Waals surface area contributed by atoms with Crippen LogP contribution >= 0.6 is 0 Å². The monoisotopic (exact) mass is 371 g/mol. The molecule has 0 aliphatic carbocycles. The molecule has 0 saturated heterocycles. The van der Waals surface area contributed by atoms with Crippen LogP contribution in [0.5, 0.6) is 0 Å². The molecule has 2 aromatic carbocycles. The first-order chi connectivity index (χ1) is 12.2. The number of hydrogen-bond donors (Lipinski definition) is 3. The van der Waals surface area contributed by atoms with Crippen LogP contribution in [0.1, 0.15) is 11.1 Å². The van der Waals surface area contributed by atoms with Gasteiger partial charge in [0.2, 0.25) is 0 Å². The Morgan fingerprint density at radius 1 is 1.12 bits per heavy atom. The van der Waals surface area contributed by atoms with Crippen LogP contribution in [0.15, 0.2) is 59.1 Å². The minimum absolute atomic E-state index is 0.137. The number of nitriles is 1. The zero-order valence-electron chi connectivity index (χ0n) is 14.1. The van der Waals surface area contributed by atoms with Crippen LogP contribution in [0, 0.1) is 25.2 Å². The number of carbonyl (C=O) groups excluding carboxylic acids is 1. The van der Waals surface area contributed by atoms with Crippen LogP contribution in [0.4, 0.5) is 11.4 Å². The van der Waals surface area contributed by atoms with Gasteiger partial charge in [0.15, 0.2) is 0 Å². The lowest BCUT2D eigenvalue weighted by atomic mass is 10.1. The van der Waals surface area contributed by atoms with E-state index in [9.17, 15) is 18.5 Å². The summed E-state index contributed by atoms with van der Waals surface area (Å²) in [7, 11) is -4.38. The number of rotatable bonds is 5. The molecular weight excluding hydrogens is 354 g/mol. The zero-order valence-corrected chi connectivity index (χ0v) is 15.0. The van der Waals surface area contributed by atoms with Gasteiger partial charge in [-0.25, -0.2) is 0 Å². The molecule has 0 radical (unpaired) electrons. The number of aryl methyl sites for hydroxylation is 2. The van der Waals surface area contributed by atoms with Crippen LogP contribution in [0.2, 0.25) is 0 Å². The Morgan fingerprint density at radius 2 is 1.85 bits per heavy atom. The van der Waals surface area contributed by atoms with Gasteiger partial charge in [-0.15, -0.1) is 0 Å². The molecule has 0 saturated carbocycles. The highest BCUT2D eigenvalue weighted by Gasteiger charge is 2.13. The summed E-state index contributed by atoms with van der Waals surface area (Å²) in [5, 5.41) is 14.5. The van der Waals surface area contributed by atoms with Crippen molar-refractivity contribution in [1.29, 1.82) is 5.26 Å². The molecular formula is C18H17N3O4S. The van der Waals surface area contributed by atoms with Gasteiger partial charge in [0, 0.05) is 17.6 Å². The summed E-state index contributed by atoms with van der Waals surface area (Å²) < 4.78 is 31.3. The molecule has 0 aromatic heterocycles. The lowest BCUT2D eigenvalue weighted by molar-refractivity contribution is -0.112. The van der Waals surface area contributed by atoms with Crippen LogP contribution in [-0.2, 0) is 14.9 Å². The molecule has 1 amide bonds. The highest BCUT2D eigenvalue weighted by molar-refractivity contribution is 7.85. The first kappa shape index (κ1) is 19.2. The molecule has 2 rings (SSSR count). The summed E-state index contributed by atoms with van der Waals surface area (Å²) >= 11 is 0. The Bertz CT molecular complexity index is 1020. The van der Waals surface area contributed by atoms with Gasteiger partial charge in [0.1, 0.15) is 11.6 Å². The van der Waals surface area contributed by atoms with Gasteiger partial charge < -0.3 is 10.6 Å². The minimum atomic E-state index is -4.38. The van der Waals surface area contributed by atoms with Crippen molar-refractivity contribution >= 4 is 27.4 Å². The van der Waals surface area contributed by atoms with Crippen molar-refractivity contribution in [2.75, 3.05) is 10.6 Å². The fraction of sp³-hybridized carbons (Fsp3) is 0.111. The quantitative estimate of drug-likeness (QED) is 0.422. The van der Waals surface area contributed by atoms with Gasteiger partial charge in [-0.2, -0.15) is 13.7 Å². The van der Waals surface area contributed by atoms with Gasteiger partial charge in [0.05, 0.1) is 4.90 Å². The molecule has 8 heteroatoms. The molecule has 2 aromatic rings. The maximum Gasteiger partial charge on any atom is 0.294 e. The predicted octanol–water partition coefficient (Wildman–Crippen LogP) is 3.01. The SMILES string of the molecule is Cc1ccc(N/C=C(/C#N)C(=O)Nc2cccc(S(=O)(=O)O)c2)cc1C. The van der Waals surface area contributed by atoms with E-state index in [1.165, 1.54) is 24.4 Å². The number of nitrogens with zero attached hydrogens (tertiary/aromatic N) is 1. The Kier molecular flexibility index (Phi) is 5.77. The highest BCUT2D eigenvalue weighted by atomic mass is 32.2. The minimum Gasteiger partial charge on any atom is -0.360 e. The average molecular weight is 371 g/mol. The maximum atomic E-state index is 12.2. The largest absolute Gasteiger partial charge is 0.360 e. The zero-order chi connectivity index (χ0) is 19.3. The fourth-order valence-corrected chi connectivity index (χ4v) is 2.59. The third-order valence-corrected chi connectivity index (χ3v) is 4.49. The number of nitrogens with one attached hydrogen (secondary N) is 2. The Balaban J connectivity index is 2.16. The van der Waals surface area contributed by atoms with Crippen molar-refractivity contribution in [2.24, 2.45) is 0 Å². The Morgan fingerprint density at radius 3 is 2.46 bits per heavy atom. The average Bonchev–Trinajstić information content (AvgIpc) is 2.58. The molecule has 0 aliphatic heterocycles. The smallest absolute Gasteiger partial charge is 0.294 e. The Labute approximate surface area is 151 Å². The van der Waals surface area contributed by atoms with E-state index < -0.39 is 16.0 Å². The van der Waals surface area contributed by atoms with Crippen molar-refractivity contribution in [1.82, 2.24) is 0 Å². The molecule has 0 heterocycles. The van der Waals surface area contributed by atoms with E-state index in [-0.39, 0.29) is 16.2 Å². The van der Waals surface area contributed by atoms with Gasteiger partial charge >= 0.3 is 0 Å². The van der Waals surface area contributed by atoms with E-state index in [0.717, 1.165) is 22.9 Å². The van der Waals surface area contributed by atoms with E-state index >= 15 is 0 Å². The van der Waals surface area contributed by atoms with E-state index in [0.29, 0.717) is 0 Å². The lowest BCUT2D eigenvalue weighted by Crippen LogP contribution is -2.15. The van der Waals surface area contributed by atoms with Crippen LogP contribution < -0.4 is 10.6 Å². The van der Waals surface area contributed by atoms with E-state index in [1.807, 2.05) is 32.0 Å². The first-order valence-corrected chi connectivity index (χ1v) is 8.97. The molecule has 0 atom stereocenters. The molecule has 0 fully saturated rings. The molecule has 7 nitrogen and oxygen atoms in total. The van der Waals surface area contributed by atoms with Gasteiger partial charge in [-0.3, -0.25) is 9.35 Å². The second-order valence-corrected chi connectivity index (χ2v) is 6.99. The molecule has 3 N–H and O–H groups in total. The summed E-state index contributed by atoms with van der Waals surface area (Å²) in [6.45, 7) is 3.92. The number of hydrogen-bond acceptors (Lipinski definition) is 5. The summed E-state index contributed by atoms with van der Waals surface area (Å²) in [6, 6.07) is 12.5. The topological polar surface area (TPSA) is 119 Å². The second kappa shape index (κ2) is 7.82. The van der Waals surface area contributed by atoms with Crippen molar-refractivity contribution in [3.05, 3.63) is 65.4 Å². The van der Waals surface area contributed by atoms with Crippen LogP contribution in [0.3, 0.4) is 0 Å². The van der Waals surface area contributed by atoms with E-state index in [4.69, 9.17) is 4.55 Å².